The van der Waals surface area contributed by atoms with Crippen molar-refractivity contribution < 1.29 is 4.57 Å². The van der Waals surface area contributed by atoms with E-state index >= 15 is 0 Å². The highest BCUT2D eigenvalue weighted by molar-refractivity contribution is 7.85. The minimum absolute atomic E-state index is 0.662. The molecule has 0 saturated heterocycles. The molecule has 3 aromatic rings. The van der Waals surface area contributed by atoms with Gasteiger partial charge in [0.25, 0.3) is 0 Å². The summed E-state index contributed by atoms with van der Waals surface area (Å²) in [6.45, 7) is 0. The zero-order chi connectivity index (χ0) is 13.1. The van der Waals surface area contributed by atoms with Crippen LogP contribution in [0.5, 0.6) is 0 Å². The largest absolute Gasteiger partial charge is 0.307 e. The monoisotopic (exact) mass is 285 g/mol. The number of hydrogen-bond acceptors (Lipinski definition) is 3. The van der Waals surface area contributed by atoms with Crippen molar-refractivity contribution in [2.45, 2.75) is 0 Å². The molecule has 0 aliphatic carbocycles. The molecular weight excluding hydrogens is 273 g/mol. The summed E-state index contributed by atoms with van der Waals surface area (Å²) in [5, 5.41) is 3.53. The fraction of sp³-hybridized carbons (Fsp3) is 0. The molecule has 0 atom stereocenters. The van der Waals surface area contributed by atoms with Crippen molar-refractivity contribution in [1.29, 1.82) is 0 Å². The lowest BCUT2D eigenvalue weighted by molar-refractivity contribution is 0.592. The van der Waals surface area contributed by atoms with Crippen LogP contribution in [0.1, 0.15) is 0 Å². The fourth-order valence-corrected chi connectivity index (χ4v) is 5.56. The Balaban J connectivity index is 2.26. The maximum Gasteiger partial charge on any atom is 0.189 e. The van der Waals surface area contributed by atoms with E-state index in [2.05, 4.69) is 4.98 Å². The van der Waals surface area contributed by atoms with E-state index in [-0.39, 0.29) is 0 Å². The average molecular weight is 285 g/mol. The molecule has 0 N–H and O–H groups in total. The lowest BCUT2D eigenvalue weighted by Gasteiger charge is -2.17. The number of rotatable bonds is 3. The summed E-state index contributed by atoms with van der Waals surface area (Å²) in [6.07, 6.45) is 0. The van der Waals surface area contributed by atoms with E-state index in [0.717, 1.165) is 10.6 Å². The molecule has 94 valence electrons. The summed E-state index contributed by atoms with van der Waals surface area (Å²) in [6, 6.07) is 19.2. The summed E-state index contributed by atoms with van der Waals surface area (Å²) in [5.74, 6) is 0. The molecule has 0 aliphatic heterocycles. The third-order valence-corrected chi connectivity index (χ3v) is 6.68. The maximum absolute atomic E-state index is 13.6. The Morgan fingerprint density at radius 3 is 1.79 bits per heavy atom. The van der Waals surface area contributed by atoms with Gasteiger partial charge in [-0.3, -0.25) is 0 Å². The SMILES string of the molecule is O=P(c1ccccc1)(c1ccccc1)c1cscn1. The number of benzene rings is 2. The van der Waals surface area contributed by atoms with Gasteiger partial charge in [0.05, 0.1) is 5.51 Å². The molecule has 0 spiro atoms. The molecule has 2 aromatic carbocycles. The lowest BCUT2D eigenvalue weighted by Crippen LogP contribution is -2.25. The van der Waals surface area contributed by atoms with E-state index in [9.17, 15) is 4.57 Å². The molecule has 0 unspecified atom stereocenters. The van der Waals surface area contributed by atoms with Gasteiger partial charge in [0, 0.05) is 16.0 Å². The van der Waals surface area contributed by atoms with Gasteiger partial charge in [-0.1, -0.05) is 60.7 Å². The topological polar surface area (TPSA) is 30.0 Å². The predicted octanol–water partition coefficient (Wildman–Crippen LogP) is 2.78. The third-order valence-electron chi connectivity index (χ3n) is 2.98. The van der Waals surface area contributed by atoms with Crippen LogP contribution < -0.4 is 16.0 Å². The highest BCUT2D eigenvalue weighted by atomic mass is 32.1. The second kappa shape index (κ2) is 5.12. The van der Waals surface area contributed by atoms with Gasteiger partial charge in [-0.2, -0.15) is 0 Å². The highest BCUT2D eigenvalue weighted by Crippen LogP contribution is 2.41. The summed E-state index contributed by atoms with van der Waals surface area (Å²) in [5.41, 5.74) is 2.39. The summed E-state index contributed by atoms with van der Waals surface area (Å²) < 4.78 is 13.6. The summed E-state index contributed by atoms with van der Waals surface area (Å²) >= 11 is 1.47. The van der Waals surface area contributed by atoms with Crippen molar-refractivity contribution >= 4 is 34.5 Å². The molecule has 1 aromatic heterocycles. The quantitative estimate of drug-likeness (QED) is 0.693. The van der Waals surface area contributed by atoms with E-state index in [1.54, 1.807) is 5.51 Å². The van der Waals surface area contributed by atoms with Crippen molar-refractivity contribution in [2.24, 2.45) is 0 Å². The van der Waals surface area contributed by atoms with E-state index < -0.39 is 7.14 Å². The first-order valence-electron chi connectivity index (χ1n) is 5.92. The van der Waals surface area contributed by atoms with Crippen molar-refractivity contribution in [3.63, 3.8) is 0 Å². The summed E-state index contributed by atoms with van der Waals surface area (Å²) in [7, 11) is -2.83. The minimum atomic E-state index is -2.83. The van der Waals surface area contributed by atoms with Crippen LogP contribution in [0.4, 0.5) is 0 Å². The number of aromatic nitrogens is 1. The smallest absolute Gasteiger partial charge is 0.189 e. The van der Waals surface area contributed by atoms with E-state index in [0.29, 0.717) is 5.44 Å². The van der Waals surface area contributed by atoms with Crippen molar-refractivity contribution in [1.82, 2.24) is 4.98 Å². The minimum Gasteiger partial charge on any atom is -0.307 e. The first-order chi connectivity index (χ1) is 9.32. The molecule has 0 saturated carbocycles. The molecule has 19 heavy (non-hydrogen) atoms. The van der Waals surface area contributed by atoms with Gasteiger partial charge in [0.15, 0.2) is 7.14 Å². The zero-order valence-corrected chi connectivity index (χ0v) is 11.9. The molecule has 3 rings (SSSR count). The molecule has 2 nitrogen and oxygen atoms in total. The van der Waals surface area contributed by atoms with E-state index in [1.807, 2.05) is 66.0 Å². The van der Waals surface area contributed by atoms with E-state index in [4.69, 9.17) is 0 Å². The Morgan fingerprint density at radius 1 is 0.842 bits per heavy atom. The van der Waals surface area contributed by atoms with Gasteiger partial charge in [-0.15, -0.1) is 11.3 Å². The highest BCUT2D eigenvalue weighted by Gasteiger charge is 2.31. The van der Waals surface area contributed by atoms with Gasteiger partial charge < -0.3 is 4.57 Å². The van der Waals surface area contributed by atoms with Crippen molar-refractivity contribution in [2.75, 3.05) is 0 Å². The average Bonchev–Trinajstić information content (AvgIpc) is 3.03. The molecule has 0 aliphatic rings. The normalized spacial score (nSPS) is 11.4. The molecule has 0 amide bonds. The van der Waals surface area contributed by atoms with Gasteiger partial charge in [0.2, 0.25) is 0 Å². The van der Waals surface area contributed by atoms with Crippen LogP contribution in [0.3, 0.4) is 0 Å². The van der Waals surface area contributed by atoms with Crippen LogP contribution in [-0.4, -0.2) is 4.98 Å². The predicted molar refractivity (Wildman–Crippen MR) is 81.5 cm³/mol. The van der Waals surface area contributed by atoms with Gasteiger partial charge in [-0.25, -0.2) is 4.98 Å². The van der Waals surface area contributed by atoms with Crippen molar-refractivity contribution in [3.8, 4) is 0 Å². The Bertz CT molecular complexity index is 652. The lowest BCUT2D eigenvalue weighted by atomic mass is 10.4. The maximum atomic E-state index is 13.6. The number of nitrogens with zero attached hydrogens (tertiary/aromatic N) is 1. The Hall–Kier alpha value is -1.70. The molecule has 0 fully saturated rings. The first-order valence-corrected chi connectivity index (χ1v) is 8.57. The van der Waals surface area contributed by atoms with Crippen LogP contribution in [0.15, 0.2) is 71.6 Å². The van der Waals surface area contributed by atoms with Gasteiger partial charge in [0.1, 0.15) is 5.44 Å². The zero-order valence-electron chi connectivity index (χ0n) is 10.1. The van der Waals surface area contributed by atoms with Crippen LogP contribution in [-0.2, 0) is 4.57 Å². The Labute approximate surface area is 116 Å². The van der Waals surface area contributed by atoms with Gasteiger partial charge >= 0.3 is 0 Å². The van der Waals surface area contributed by atoms with Gasteiger partial charge in [-0.05, 0) is 0 Å². The standard InChI is InChI=1S/C15H12NOPS/c17-18(15-11-19-12-16-15,13-7-3-1-4-8-13)14-9-5-2-6-10-14/h1-12H. The van der Waals surface area contributed by atoms with E-state index in [1.165, 1.54) is 11.3 Å². The molecule has 4 heteroatoms. The molecule has 1 heterocycles. The Kier molecular flexibility index (Phi) is 3.33. The molecule has 0 bridgehead atoms. The van der Waals surface area contributed by atoms with Crippen LogP contribution >= 0.6 is 18.5 Å². The first kappa shape index (κ1) is 12.3. The second-order valence-electron chi connectivity index (χ2n) is 4.13. The van der Waals surface area contributed by atoms with Crippen molar-refractivity contribution in [3.05, 3.63) is 71.6 Å². The van der Waals surface area contributed by atoms with Crippen LogP contribution in [0, 0.1) is 0 Å². The Morgan fingerprint density at radius 2 is 1.37 bits per heavy atom. The summed E-state index contributed by atoms with van der Waals surface area (Å²) in [4.78, 5) is 4.30. The van der Waals surface area contributed by atoms with Crippen LogP contribution in [0.25, 0.3) is 0 Å². The second-order valence-corrected chi connectivity index (χ2v) is 7.56. The molecular formula is C15H12NOPS. The molecule has 0 radical (unpaired) electrons. The number of thiazole rings is 1. The number of hydrogen-bond donors (Lipinski definition) is 0. The van der Waals surface area contributed by atoms with Crippen LogP contribution in [0.2, 0.25) is 0 Å². The third kappa shape index (κ3) is 2.16. The fourth-order valence-electron chi connectivity index (χ4n) is 2.05.